The molecule has 1 aromatic rings. The predicted molar refractivity (Wildman–Crippen MR) is 53.1 cm³/mol. The van der Waals surface area contributed by atoms with Crippen LogP contribution in [-0.4, -0.2) is 18.8 Å². The summed E-state index contributed by atoms with van der Waals surface area (Å²) in [4.78, 5) is 0. The van der Waals surface area contributed by atoms with E-state index in [9.17, 15) is 0 Å². The van der Waals surface area contributed by atoms with E-state index in [2.05, 4.69) is 6.07 Å². The van der Waals surface area contributed by atoms with Crippen molar-refractivity contribution in [2.45, 2.75) is 12.3 Å². The zero-order chi connectivity index (χ0) is 10.4. The SMILES string of the molecule is COc1ccc([C@H](C#N)CCO)cc1. The summed E-state index contributed by atoms with van der Waals surface area (Å²) in [7, 11) is 1.60. The Morgan fingerprint density at radius 2 is 2.07 bits per heavy atom. The third-order valence-corrected chi connectivity index (χ3v) is 2.09. The lowest BCUT2D eigenvalue weighted by atomic mass is 9.98. The molecule has 0 unspecified atom stereocenters. The van der Waals surface area contributed by atoms with Gasteiger partial charge in [0.1, 0.15) is 5.75 Å². The summed E-state index contributed by atoms with van der Waals surface area (Å²) in [5.74, 6) is 0.542. The Morgan fingerprint density at radius 3 is 2.50 bits per heavy atom. The van der Waals surface area contributed by atoms with E-state index in [1.807, 2.05) is 24.3 Å². The second-order valence-corrected chi connectivity index (χ2v) is 2.97. The fourth-order valence-corrected chi connectivity index (χ4v) is 1.27. The molecule has 3 heteroatoms. The summed E-state index contributed by atoms with van der Waals surface area (Å²) in [6, 6.07) is 9.49. The molecule has 0 aliphatic rings. The Balaban J connectivity index is 2.79. The van der Waals surface area contributed by atoms with Gasteiger partial charge in [-0.05, 0) is 24.1 Å². The summed E-state index contributed by atoms with van der Waals surface area (Å²) in [6.07, 6.45) is 0.475. The first-order chi connectivity index (χ1) is 6.81. The van der Waals surface area contributed by atoms with Gasteiger partial charge in [0.2, 0.25) is 0 Å². The average Bonchev–Trinajstić information content (AvgIpc) is 2.26. The van der Waals surface area contributed by atoms with E-state index in [4.69, 9.17) is 15.1 Å². The van der Waals surface area contributed by atoms with Crippen molar-refractivity contribution in [1.29, 1.82) is 5.26 Å². The summed E-state index contributed by atoms with van der Waals surface area (Å²) in [5.41, 5.74) is 0.919. The maximum Gasteiger partial charge on any atom is 0.118 e. The Bertz CT molecular complexity index is 313. The van der Waals surface area contributed by atoms with E-state index < -0.39 is 0 Å². The molecular weight excluding hydrogens is 178 g/mol. The van der Waals surface area contributed by atoms with E-state index in [1.54, 1.807) is 7.11 Å². The minimum absolute atomic E-state index is 0.0320. The second-order valence-electron chi connectivity index (χ2n) is 2.97. The van der Waals surface area contributed by atoms with Gasteiger partial charge in [-0.25, -0.2) is 0 Å². The lowest BCUT2D eigenvalue weighted by Crippen LogP contribution is -1.98. The zero-order valence-corrected chi connectivity index (χ0v) is 8.10. The van der Waals surface area contributed by atoms with Crippen LogP contribution in [0.2, 0.25) is 0 Å². The number of hydrogen-bond acceptors (Lipinski definition) is 3. The number of benzene rings is 1. The summed E-state index contributed by atoms with van der Waals surface area (Å²) in [6.45, 7) is 0.0320. The number of hydrogen-bond donors (Lipinski definition) is 1. The highest BCUT2D eigenvalue weighted by Gasteiger charge is 2.09. The number of nitriles is 1. The monoisotopic (exact) mass is 191 g/mol. The lowest BCUT2D eigenvalue weighted by Gasteiger charge is -2.07. The van der Waals surface area contributed by atoms with Crippen LogP contribution in [0.4, 0.5) is 0 Å². The minimum atomic E-state index is -0.231. The topological polar surface area (TPSA) is 53.2 Å². The molecule has 0 fully saturated rings. The van der Waals surface area contributed by atoms with Crippen LogP contribution in [-0.2, 0) is 0 Å². The van der Waals surface area contributed by atoms with Crippen molar-refractivity contribution in [3.63, 3.8) is 0 Å². The van der Waals surface area contributed by atoms with Crippen LogP contribution in [0.1, 0.15) is 17.9 Å². The number of methoxy groups -OCH3 is 1. The van der Waals surface area contributed by atoms with Gasteiger partial charge in [-0.3, -0.25) is 0 Å². The molecule has 0 heterocycles. The normalized spacial score (nSPS) is 11.8. The molecular formula is C11H13NO2. The van der Waals surface area contributed by atoms with Gasteiger partial charge in [0.25, 0.3) is 0 Å². The van der Waals surface area contributed by atoms with Crippen LogP contribution >= 0.6 is 0 Å². The van der Waals surface area contributed by atoms with Gasteiger partial charge in [0.05, 0.1) is 19.1 Å². The van der Waals surface area contributed by atoms with Gasteiger partial charge in [0, 0.05) is 6.61 Å². The van der Waals surface area contributed by atoms with Crippen LogP contribution < -0.4 is 4.74 Å². The molecule has 0 saturated heterocycles. The standard InChI is InChI=1S/C11H13NO2/c1-14-11-4-2-9(3-5-11)10(8-12)6-7-13/h2-5,10,13H,6-7H2,1H3/t10-/m0/s1. The maximum absolute atomic E-state index is 8.84. The summed E-state index contributed by atoms with van der Waals surface area (Å²) in [5, 5.41) is 17.6. The molecule has 1 N–H and O–H groups in total. The molecule has 0 radical (unpaired) electrons. The van der Waals surface area contributed by atoms with Crippen LogP contribution in [0.15, 0.2) is 24.3 Å². The van der Waals surface area contributed by atoms with Gasteiger partial charge in [0.15, 0.2) is 0 Å². The average molecular weight is 191 g/mol. The minimum Gasteiger partial charge on any atom is -0.497 e. The molecule has 0 aliphatic carbocycles. The number of rotatable bonds is 4. The van der Waals surface area contributed by atoms with Gasteiger partial charge < -0.3 is 9.84 Å². The first-order valence-corrected chi connectivity index (χ1v) is 4.46. The largest absolute Gasteiger partial charge is 0.497 e. The van der Waals surface area contributed by atoms with Crippen molar-refractivity contribution in [3.8, 4) is 11.8 Å². The lowest BCUT2D eigenvalue weighted by molar-refractivity contribution is 0.283. The first-order valence-electron chi connectivity index (χ1n) is 4.46. The molecule has 1 rings (SSSR count). The Hall–Kier alpha value is -1.53. The van der Waals surface area contributed by atoms with E-state index in [0.717, 1.165) is 11.3 Å². The Morgan fingerprint density at radius 1 is 1.43 bits per heavy atom. The van der Waals surface area contributed by atoms with E-state index in [0.29, 0.717) is 6.42 Å². The maximum atomic E-state index is 8.84. The molecule has 0 amide bonds. The van der Waals surface area contributed by atoms with Crippen LogP contribution in [0.25, 0.3) is 0 Å². The number of ether oxygens (including phenoxy) is 1. The molecule has 0 bridgehead atoms. The van der Waals surface area contributed by atoms with Crippen molar-refractivity contribution in [2.75, 3.05) is 13.7 Å². The Kier molecular flexibility index (Phi) is 3.96. The molecule has 0 aliphatic heterocycles. The van der Waals surface area contributed by atoms with Gasteiger partial charge >= 0.3 is 0 Å². The molecule has 0 aromatic heterocycles. The van der Waals surface area contributed by atoms with Gasteiger partial charge in [-0.1, -0.05) is 12.1 Å². The highest BCUT2D eigenvalue weighted by molar-refractivity contribution is 5.31. The molecule has 0 saturated carbocycles. The Labute approximate surface area is 83.6 Å². The fourth-order valence-electron chi connectivity index (χ4n) is 1.27. The van der Waals surface area contributed by atoms with E-state index >= 15 is 0 Å². The summed E-state index contributed by atoms with van der Waals surface area (Å²) >= 11 is 0. The quantitative estimate of drug-likeness (QED) is 0.787. The highest BCUT2D eigenvalue weighted by atomic mass is 16.5. The highest BCUT2D eigenvalue weighted by Crippen LogP contribution is 2.21. The van der Waals surface area contributed by atoms with E-state index in [1.165, 1.54) is 0 Å². The van der Waals surface area contributed by atoms with E-state index in [-0.39, 0.29) is 12.5 Å². The fraction of sp³-hybridized carbons (Fsp3) is 0.364. The van der Waals surface area contributed by atoms with Crippen molar-refractivity contribution < 1.29 is 9.84 Å². The molecule has 14 heavy (non-hydrogen) atoms. The third kappa shape index (κ3) is 2.48. The van der Waals surface area contributed by atoms with Crippen molar-refractivity contribution in [1.82, 2.24) is 0 Å². The predicted octanol–water partition coefficient (Wildman–Crippen LogP) is 1.68. The van der Waals surface area contributed by atoms with Crippen LogP contribution in [0.3, 0.4) is 0 Å². The van der Waals surface area contributed by atoms with Crippen molar-refractivity contribution >= 4 is 0 Å². The molecule has 74 valence electrons. The number of aliphatic hydroxyl groups excluding tert-OH is 1. The number of nitrogens with zero attached hydrogens (tertiary/aromatic N) is 1. The van der Waals surface area contributed by atoms with Crippen molar-refractivity contribution in [2.24, 2.45) is 0 Å². The third-order valence-electron chi connectivity index (χ3n) is 2.09. The van der Waals surface area contributed by atoms with Crippen LogP contribution in [0, 0.1) is 11.3 Å². The second kappa shape index (κ2) is 5.25. The molecule has 1 atom stereocenters. The van der Waals surface area contributed by atoms with Crippen molar-refractivity contribution in [3.05, 3.63) is 29.8 Å². The summed E-state index contributed by atoms with van der Waals surface area (Å²) < 4.78 is 5.01. The smallest absolute Gasteiger partial charge is 0.118 e. The molecule has 3 nitrogen and oxygen atoms in total. The molecule has 1 aromatic carbocycles. The van der Waals surface area contributed by atoms with Gasteiger partial charge in [-0.15, -0.1) is 0 Å². The van der Waals surface area contributed by atoms with Gasteiger partial charge in [-0.2, -0.15) is 5.26 Å². The van der Waals surface area contributed by atoms with Crippen LogP contribution in [0.5, 0.6) is 5.75 Å². The molecule has 0 spiro atoms. The zero-order valence-electron chi connectivity index (χ0n) is 8.10. The number of aliphatic hydroxyl groups is 1. The first kappa shape index (κ1) is 10.6.